The Morgan fingerprint density at radius 1 is 1.43 bits per heavy atom. The Kier molecular flexibility index (Phi) is 5.38. The summed E-state index contributed by atoms with van der Waals surface area (Å²) in [5, 5.41) is 3.10. The van der Waals surface area contributed by atoms with Crippen LogP contribution >= 0.6 is 12.4 Å². The third-order valence-corrected chi connectivity index (χ3v) is 4.16. The second kappa shape index (κ2) is 7.10. The van der Waals surface area contributed by atoms with Gasteiger partial charge in [-0.3, -0.25) is 14.0 Å². The van der Waals surface area contributed by atoms with Crippen LogP contribution in [-0.4, -0.2) is 46.4 Å². The van der Waals surface area contributed by atoms with E-state index in [1.54, 1.807) is 17.2 Å². The Hall–Kier alpha value is -1.92. The molecule has 6 nitrogen and oxygen atoms in total. The van der Waals surface area contributed by atoms with Crippen LogP contribution in [0.15, 0.2) is 29.3 Å². The normalized spacial score (nSPS) is 17.3. The second-order valence-electron chi connectivity index (χ2n) is 5.76. The maximum absolute atomic E-state index is 12.7. The number of halogens is 1. The van der Waals surface area contributed by atoms with Crippen LogP contribution in [-0.2, 0) is 0 Å². The lowest BCUT2D eigenvalue weighted by molar-refractivity contribution is 0.0734. The van der Waals surface area contributed by atoms with Gasteiger partial charge in [-0.25, -0.2) is 4.98 Å². The fraction of sp³-hybridized carbons (Fsp3) is 0.438. The Morgan fingerprint density at radius 2 is 2.22 bits per heavy atom. The first-order chi connectivity index (χ1) is 10.6. The molecular formula is C16H21ClN4O2. The Balaban J connectivity index is 0.00000192. The van der Waals surface area contributed by atoms with Gasteiger partial charge in [0.15, 0.2) is 0 Å². The minimum atomic E-state index is -0.297. The number of aromatic nitrogens is 2. The van der Waals surface area contributed by atoms with E-state index >= 15 is 0 Å². The van der Waals surface area contributed by atoms with Crippen molar-refractivity contribution in [1.82, 2.24) is 19.6 Å². The average molecular weight is 337 g/mol. The number of carbonyl (C=O) groups is 1. The van der Waals surface area contributed by atoms with E-state index in [4.69, 9.17) is 0 Å². The molecule has 1 atom stereocenters. The minimum absolute atomic E-state index is 0. The maximum atomic E-state index is 12.7. The third-order valence-electron chi connectivity index (χ3n) is 4.16. The van der Waals surface area contributed by atoms with E-state index in [1.165, 1.54) is 10.6 Å². The van der Waals surface area contributed by atoms with Crippen LogP contribution in [0.2, 0.25) is 0 Å². The molecule has 1 aliphatic rings. The average Bonchev–Trinajstić information content (AvgIpc) is 2.96. The van der Waals surface area contributed by atoms with Crippen LogP contribution in [0.25, 0.3) is 5.65 Å². The molecule has 3 heterocycles. The van der Waals surface area contributed by atoms with Gasteiger partial charge in [-0.15, -0.1) is 12.4 Å². The van der Waals surface area contributed by atoms with Crippen LogP contribution in [0.4, 0.5) is 0 Å². The Labute approximate surface area is 140 Å². The number of likely N-dealkylation sites (N-methyl/N-ethyl adjacent to an activating group) is 1. The number of aryl methyl sites for hydroxylation is 1. The molecule has 124 valence electrons. The highest BCUT2D eigenvalue weighted by atomic mass is 35.5. The molecule has 0 radical (unpaired) electrons. The van der Waals surface area contributed by atoms with Gasteiger partial charge in [-0.2, -0.15) is 0 Å². The molecular weight excluding hydrogens is 316 g/mol. The zero-order valence-electron chi connectivity index (χ0n) is 13.3. The van der Waals surface area contributed by atoms with E-state index in [0.717, 1.165) is 24.9 Å². The number of pyridine rings is 1. The summed E-state index contributed by atoms with van der Waals surface area (Å²) in [5.74, 6) is -0.217. The first-order valence-electron chi connectivity index (χ1n) is 7.55. The Morgan fingerprint density at radius 3 is 2.96 bits per heavy atom. The molecule has 2 aromatic heterocycles. The number of hydrogen-bond acceptors (Lipinski definition) is 4. The van der Waals surface area contributed by atoms with Crippen molar-refractivity contribution in [3.8, 4) is 0 Å². The van der Waals surface area contributed by atoms with Crippen LogP contribution in [0.1, 0.15) is 28.8 Å². The maximum Gasteiger partial charge on any atom is 0.270 e. The SMILES string of the molecule is CNCC1CCCN1C(=O)c1cnc2ccc(C)cn2c1=O.Cl. The molecule has 0 aliphatic carbocycles. The van der Waals surface area contributed by atoms with Gasteiger partial charge in [0, 0.05) is 31.5 Å². The topological polar surface area (TPSA) is 66.7 Å². The van der Waals surface area contributed by atoms with E-state index in [9.17, 15) is 9.59 Å². The van der Waals surface area contributed by atoms with Crippen LogP contribution in [0.5, 0.6) is 0 Å². The standard InChI is InChI=1S/C16H20N4O2.ClH/c1-11-5-6-14-18-9-13(16(22)20(14)10-11)15(21)19-7-3-4-12(19)8-17-2;/h5-6,9-10,12,17H,3-4,7-8H2,1-2H3;1H. The molecule has 7 heteroatoms. The number of amides is 1. The van der Waals surface area contributed by atoms with Crippen molar-refractivity contribution < 1.29 is 4.79 Å². The highest BCUT2D eigenvalue weighted by Gasteiger charge is 2.30. The summed E-state index contributed by atoms with van der Waals surface area (Å²) >= 11 is 0. The van der Waals surface area contributed by atoms with Gasteiger partial charge < -0.3 is 10.2 Å². The van der Waals surface area contributed by atoms with E-state index in [0.29, 0.717) is 12.2 Å². The minimum Gasteiger partial charge on any atom is -0.334 e. The smallest absolute Gasteiger partial charge is 0.270 e. The van der Waals surface area contributed by atoms with Crippen LogP contribution in [0.3, 0.4) is 0 Å². The highest BCUT2D eigenvalue weighted by Crippen LogP contribution is 2.18. The predicted molar refractivity (Wildman–Crippen MR) is 91.4 cm³/mol. The van der Waals surface area contributed by atoms with Gasteiger partial charge >= 0.3 is 0 Å². The molecule has 1 unspecified atom stereocenters. The molecule has 3 rings (SSSR count). The molecule has 1 aliphatic heterocycles. The van der Waals surface area contributed by atoms with Crippen molar-refractivity contribution in [1.29, 1.82) is 0 Å². The molecule has 0 bridgehead atoms. The lowest BCUT2D eigenvalue weighted by Gasteiger charge is -2.24. The van der Waals surface area contributed by atoms with E-state index in [1.807, 2.05) is 20.0 Å². The van der Waals surface area contributed by atoms with Gasteiger partial charge in [0.05, 0.1) is 0 Å². The number of rotatable bonds is 3. The molecule has 1 N–H and O–H groups in total. The molecule has 0 aromatic carbocycles. The van der Waals surface area contributed by atoms with E-state index in [2.05, 4.69) is 10.3 Å². The fourth-order valence-electron chi connectivity index (χ4n) is 3.03. The lowest BCUT2D eigenvalue weighted by atomic mass is 10.2. The summed E-state index contributed by atoms with van der Waals surface area (Å²) in [7, 11) is 1.87. The van der Waals surface area contributed by atoms with E-state index < -0.39 is 0 Å². The molecule has 23 heavy (non-hydrogen) atoms. The largest absolute Gasteiger partial charge is 0.334 e. The molecule has 1 amide bonds. The number of carbonyl (C=O) groups excluding carboxylic acids is 1. The van der Waals surface area contributed by atoms with Gasteiger partial charge in [0.1, 0.15) is 11.2 Å². The third kappa shape index (κ3) is 3.23. The fourth-order valence-corrected chi connectivity index (χ4v) is 3.03. The zero-order chi connectivity index (χ0) is 15.7. The Bertz CT molecular complexity index is 774. The van der Waals surface area contributed by atoms with Gasteiger partial charge in [-0.05, 0) is 38.4 Å². The molecule has 1 saturated heterocycles. The monoisotopic (exact) mass is 336 g/mol. The first kappa shape index (κ1) is 17.4. The summed E-state index contributed by atoms with van der Waals surface area (Å²) < 4.78 is 1.45. The molecule has 1 fully saturated rings. The summed E-state index contributed by atoms with van der Waals surface area (Å²) in [4.78, 5) is 31.4. The summed E-state index contributed by atoms with van der Waals surface area (Å²) in [6.45, 7) is 3.35. The number of hydrogen-bond donors (Lipinski definition) is 1. The number of nitrogens with zero attached hydrogens (tertiary/aromatic N) is 3. The second-order valence-corrected chi connectivity index (χ2v) is 5.76. The lowest BCUT2D eigenvalue weighted by Crippen LogP contribution is -2.43. The van der Waals surface area contributed by atoms with Crippen LogP contribution in [0, 0.1) is 6.92 Å². The molecule has 2 aromatic rings. The first-order valence-corrected chi connectivity index (χ1v) is 7.55. The molecule has 0 saturated carbocycles. The predicted octanol–water partition coefficient (Wildman–Crippen LogP) is 1.25. The van der Waals surface area contributed by atoms with Crippen molar-refractivity contribution in [2.75, 3.05) is 20.1 Å². The highest BCUT2D eigenvalue weighted by molar-refractivity contribution is 5.94. The number of fused-ring (bicyclic) bond motifs is 1. The zero-order valence-corrected chi connectivity index (χ0v) is 14.1. The van der Waals surface area contributed by atoms with Crippen LogP contribution < -0.4 is 10.9 Å². The van der Waals surface area contributed by atoms with Gasteiger partial charge in [-0.1, -0.05) is 6.07 Å². The summed E-state index contributed by atoms with van der Waals surface area (Å²) in [6.07, 6.45) is 5.06. The summed E-state index contributed by atoms with van der Waals surface area (Å²) in [6, 6.07) is 3.83. The van der Waals surface area contributed by atoms with Crippen molar-refractivity contribution in [2.24, 2.45) is 0 Å². The quantitative estimate of drug-likeness (QED) is 0.916. The van der Waals surface area contributed by atoms with Gasteiger partial charge in [0.2, 0.25) is 0 Å². The van der Waals surface area contributed by atoms with Gasteiger partial charge in [0.25, 0.3) is 11.5 Å². The van der Waals surface area contributed by atoms with Crippen molar-refractivity contribution in [2.45, 2.75) is 25.8 Å². The van der Waals surface area contributed by atoms with Crippen molar-refractivity contribution >= 4 is 24.0 Å². The number of nitrogens with one attached hydrogen (secondary N) is 1. The number of likely N-dealkylation sites (tertiary alicyclic amines) is 1. The van der Waals surface area contributed by atoms with Crippen molar-refractivity contribution in [3.05, 3.63) is 46.0 Å². The molecule has 0 spiro atoms. The van der Waals surface area contributed by atoms with Crippen molar-refractivity contribution in [3.63, 3.8) is 0 Å². The summed E-state index contributed by atoms with van der Waals surface area (Å²) in [5.41, 5.74) is 1.36. The van der Waals surface area contributed by atoms with E-state index in [-0.39, 0.29) is 35.5 Å².